The summed E-state index contributed by atoms with van der Waals surface area (Å²) in [5, 5.41) is 10.9. The number of halogens is 1. The molecule has 44 heavy (non-hydrogen) atoms. The lowest BCUT2D eigenvalue weighted by atomic mass is 9.77. The minimum Gasteiger partial charge on any atom is -0.436 e. The Kier molecular flexibility index (Phi) is 8.21. The summed E-state index contributed by atoms with van der Waals surface area (Å²) in [6.45, 7) is 0.649. The van der Waals surface area contributed by atoms with E-state index in [1.165, 1.54) is 11.6 Å². The number of nitrogens with zero attached hydrogens (tertiary/aromatic N) is 3. The van der Waals surface area contributed by atoms with Crippen molar-refractivity contribution in [3.8, 4) is 11.6 Å². The molecule has 5 aromatic carbocycles. The van der Waals surface area contributed by atoms with Crippen molar-refractivity contribution in [1.29, 1.82) is 0 Å². The molecule has 6 aromatic rings. The predicted molar refractivity (Wildman–Crippen MR) is 168 cm³/mol. The molecule has 0 saturated heterocycles. The molecule has 1 aromatic heterocycles. The minimum absolute atomic E-state index is 0.0652. The molecular weight excluding hydrogens is 622 g/mol. The molecule has 0 unspecified atom stereocenters. The van der Waals surface area contributed by atoms with E-state index in [9.17, 15) is 9.59 Å². The highest BCUT2D eigenvalue weighted by Crippen LogP contribution is 2.42. The van der Waals surface area contributed by atoms with Crippen molar-refractivity contribution in [3.63, 3.8) is 0 Å². The maximum absolute atomic E-state index is 13.9. The van der Waals surface area contributed by atoms with Crippen LogP contribution >= 0.6 is 15.9 Å². The Hall–Kier alpha value is -5.28. The van der Waals surface area contributed by atoms with Crippen molar-refractivity contribution in [2.75, 3.05) is 6.79 Å². The van der Waals surface area contributed by atoms with Gasteiger partial charge in [0.2, 0.25) is 12.5 Å². The van der Waals surface area contributed by atoms with E-state index in [4.69, 9.17) is 14.2 Å². The molecule has 9 heteroatoms. The third-order valence-corrected chi connectivity index (χ3v) is 7.66. The normalized spacial score (nSPS) is 11.2. The molecule has 0 aliphatic carbocycles. The number of hydrogen-bond acceptors (Lipinski definition) is 7. The fourth-order valence-electron chi connectivity index (χ4n) is 5.25. The van der Waals surface area contributed by atoms with Gasteiger partial charge >= 0.3 is 11.9 Å². The number of benzene rings is 5. The van der Waals surface area contributed by atoms with Gasteiger partial charge in [-0.25, -0.2) is 9.48 Å². The van der Waals surface area contributed by atoms with Crippen LogP contribution in [0.5, 0.6) is 11.6 Å². The molecule has 0 radical (unpaired) electrons. The van der Waals surface area contributed by atoms with E-state index in [1.807, 2.05) is 121 Å². The van der Waals surface area contributed by atoms with Gasteiger partial charge < -0.3 is 14.2 Å². The number of hydrogen-bond donors (Lipinski definition) is 0. The predicted octanol–water partition coefficient (Wildman–Crippen LogP) is 7.50. The van der Waals surface area contributed by atoms with Crippen LogP contribution in [0.4, 0.5) is 0 Å². The molecule has 0 N–H and O–H groups in total. The van der Waals surface area contributed by atoms with Gasteiger partial charge in [0, 0.05) is 11.4 Å². The molecule has 0 saturated carbocycles. The lowest BCUT2D eigenvalue weighted by Gasteiger charge is -2.36. The molecule has 0 aliphatic heterocycles. The Morgan fingerprint density at radius 2 is 1.27 bits per heavy atom. The number of aromatic nitrogens is 3. The van der Waals surface area contributed by atoms with E-state index in [0.717, 1.165) is 31.9 Å². The van der Waals surface area contributed by atoms with Crippen LogP contribution in [0.1, 0.15) is 34.1 Å². The lowest BCUT2D eigenvalue weighted by Crippen LogP contribution is -2.40. The molecule has 0 aliphatic rings. The van der Waals surface area contributed by atoms with Crippen LogP contribution in [0.25, 0.3) is 10.8 Å². The van der Waals surface area contributed by atoms with Crippen LogP contribution in [0.15, 0.2) is 132 Å². The van der Waals surface area contributed by atoms with E-state index in [1.54, 1.807) is 6.07 Å². The van der Waals surface area contributed by atoms with Crippen LogP contribution in [-0.4, -0.2) is 33.7 Å². The SMILES string of the molecule is CC(=O)OCOC(=O)c1c(Oc2ccc3cc(Br)ccc3c2)nnn1C(c1ccccc1)(c1ccccc1)c1ccccc1. The van der Waals surface area contributed by atoms with Crippen molar-refractivity contribution in [1.82, 2.24) is 15.0 Å². The van der Waals surface area contributed by atoms with Gasteiger partial charge in [-0.3, -0.25) is 4.79 Å². The van der Waals surface area contributed by atoms with E-state index < -0.39 is 24.3 Å². The van der Waals surface area contributed by atoms with Gasteiger partial charge in [0.1, 0.15) is 11.3 Å². The fourth-order valence-corrected chi connectivity index (χ4v) is 5.63. The van der Waals surface area contributed by atoms with Gasteiger partial charge in [0.05, 0.1) is 0 Å². The number of fused-ring (bicyclic) bond motifs is 1. The number of ether oxygens (including phenoxy) is 3. The highest BCUT2D eigenvalue weighted by atomic mass is 79.9. The molecule has 0 bridgehead atoms. The topological polar surface area (TPSA) is 92.5 Å². The number of carbonyl (C=O) groups is 2. The summed E-state index contributed by atoms with van der Waals surface area (Å²) in [5.74, 6) is -1.04. The summed E-state index contributed by atoms with van der Waals surface area (Å²) < 4.78 is 19.1. The lowest BCUT2D eigenvalue weighted by molar-refractivity contribution is -0.149. The van der Waals surface area contributed by atoms with Gasteiger partial charge in [-0.05, 0) is 51.7 Å². The molecule has 0 atom stereocenters. The zero-order valence-electron chi connectivity index (χ0n) is 23.6. The van der Waals surface area contributed by atoms with Crippen LogP contribution in [0, 0.1) is 0 Å². The molecule has 1 heterocycles. The largest absolute Gasteiger partial charge is 0.436 e. The summed E-state index contributed by atoms with van der Waals surface area (Å²) in [7, 11) is 0. The maximum atomic E-state index is 13.9. The first-order valence-corrected chi connectivity index (χ1v) is 14.6. The number of carbonyl (C=O) groups excluding carboxylic acids is 2. The summed E-state index contributed by atoms with van der Waals surface area (Å²) in [6, 6.07) is 40.6. The Morgan fingerprint density at radius 3 is 1.84 bits per heavy atom. The quantitative estimate of drug-likeness (QED) is 0.0911. The summed E-state index contributed by atoms with van der Waals surface area (Å²) in [6.07, 6.45) is 0. The van der Waals surface area contributed by atoms with E-state index in [2.05, 4.69) is 26.2 Å². The van der Waals surface area contributed by atoms with Crippen molar-refractivity contribution in [3.05, 3.63) is 154 Å². The second-order valence-electron chi connectivity index (χ2n) is 9.90. The Labute approximate surface area is 261 Å². The third-order valence-electron chi connectivity index (χ3n) is 7.17. The highest BCUT2D eigenvalue weighted by Gasteiger charge is 2.44. The Balaban J connectivity index is 1.58. The molecule has 6 rings (SSSR count). The molecule has 218 valence electrons. The van der Waals surface area contributed by atoms with Gasteiger partial charge in [-0.15, -0.1) is 0 Å². The smallest absolute Gasteiger partial charge is 0.365 e. The van der Waals surface area contributed by atoms with Crippen LogP contribution in [0.2, 0.25) is 0 Å². The first-order chi connectivity index (χ1) is 21.5. The van der Waals surface area contributed by atoms with E-state index >= 15 is 0 Å². The number of rotatable bonds is 9. The monoisotopic (exact) mass is 647 g/mol. The fraction of sp³-hybridized carbons (Fsp3) is 0.0857. The highest BCUT2D eigenvalue weighted by molar-refractivity contribution is 9.10. The summed E-state index contributed by atoms with van der Waals surface area (Å²) in [5.41, 5.74) is 1.21. The molecule has 0 fully saturated rings. The second kappa shape index (κ2) is 12.5. The molecule has 0 spiro atoms. The van der Waals surface area contributed by atoms with Crippen molar-refractivity contribution >= 4 is 38.6 Å². The van der Waals surface area contributed by atoms with Crippen molar-refractivity contribution in [2.45, 2.75) is 12.5 Å². The van der Waals surface area contributed by atoms with Crippen LogP contribution in [-0.2, 0) is 19.8 Å². The first kappa shape index (κ1) is 28.8. The van der Waals surface area contributed by atoms with Crippen molar-refractivity contribution in [2.24, 2.45) is 0 Å². The minimum atomic E-state index is -1.18. The molecule has 0 amide bonds. The summed E-state index contributed by atoms with van der Waals surface area (Å²) >= 11 is 3.50. The van der Waals surface area contributed by atoms with Gasteiger partial charge in [-0.1, -0.05) is 129 Å². The van der Waals surface area contributed by atoms with Gasteiger partial charge in [0.15, 0.2) is 0 Å². The first-order valence-electron chi connectivity index (χ1n) is 13.8. The Bertz CT molecular complexity index is 1830. The van der Waals surface area contributed by atoms with Crippen molar-refractivity contribution < 1.29 is 23.8 Å². The van der Waals surface area contributed by atoms with Gasteiger partial charge in [-0.2, -0.15) is 0 Å². The van der Waals surface area contributed by atoms with Crippen LogP contribution < -0.4 is 4.74 Å². The number of esters is 2. The Morgan fingerprint density at radius 1 is 0.727 bits per heavy atom. The van der Waals surface area contributed by atoms with E-state index in [-0.39, 0.29) is 11.6 Å². The molecular formula is C35H26BrN3O5. The van der Waals surface area contributed by atoms with E-state index in [0.29, 0.717) is 5.75 Å². The second-order valence-corrected chi connectivity index (χ2v) is 10.8. The third kappa shape index (κ3) is 5.57. The zero-order valence-corrected chi connectivity index (χ0v) is 25.2. The standard InChI is InChI=1S/C35H26BrN3O5/c1-24(40)42-23-43-34(41)32-33(44-31-20-18-25-21-30(36)19-17-26(25)22-31)37-38-39(32)35(27-11-5-2-6-12-27,28-13-7-3-8-14-28)29-15-9-4-10-16-29/h2-22H,23H2,1H3. The van der Waals surface area contributed by atoms with Gasteiger partial charge in [0.25, 0.3) is 5.88 Å². The summed E-state index contributed by atoms with van der Waals surface area (Å²) in [4.78, 5) is 25.4. The average Bonchev–Trinajstić information content (AvgIpc) is 3.46. The average molecular weight is 649 g/mol. The van der Waals surface area contributed by atoms with Crippen LogP contribution in [0.3, 0.4) is 0 Å². The maximum Gasteiger partial charge on any atom is 0.365 e. The molecule has 8 nitrogen and oxygen atoms in total. The zero-order chi connectivity index (χ0) is 30.5.